The van der Waals surface area contributed by atoms with Crippen molar-refractivity contribution in [2.24, 2.45) is 5.11 Å². The summed E-state index contributed by atoms with van der Waals surface area (Å²) in [7, 11) is 0. The third kappa shape index (κ3) is 2.05. The van der Waals surface area contributed by atoms with Gasteiger partial charge in [0.25, 0.3) is 0 Å². The normalized spacial score (nSPS) is 9.53. The zero-order chi connectivity index (χ0) is 11.6. The molecule has 0 atom stereocenters. The molecule has 0 saturated heterocycles. The first-order valence-electron chi connectivity index (χ1n) is 3.67. The Hall–Kier alpha value is -1.66. The van der Waals surface area contributed by atoms with E-state index in [0.717, 1.165) is 6.07 Å². The molecule has 1 aromatic carbocycles. The standard InChI is InChI=1S/C7H4BrFN4O2/c1-3-2-4(13(14)15)6(9)5(8)7(3)11-12-10/h2H,1H3. The van der Waals surface area contributed by atoms with E-state index in [-0.39, 0.29) is 10.2 Å². The summed E-state index contributed by atoms with van der Waals surface area (Å²) in [5.41, 5.74) is 7.90. The molecule has 1 aromatic rings. The maximum Gasteiger partial charge on any atom is 0.306 e. The zero-order valence-corrected chi connectivity index (χ0v) is 9.02. The van der Waals surface area contributed by atoms with E-state index in [2.05, 4.69) is 26.0 Å². The Kier molecular flexibility index (Phi) is 3.23. The maximum absolute atomic E-state index is 13.3. The zero-order valence-electron chi connectivity index (χ0n) is 7.44. The number of benzene rings is 1. The minimum absolute atomic E-state index is 0.0144. The average Bonchev–Trinajstić information content (AvgIpc) is 2.18. The second-order valence-electron chi connectivity index (χ2n) is 2.64. The molecule has 6 nitrogen and oxygen atoms in total. The molecule has 15 heavy (non-hydrogen) atoms. The van der Waals surface area contributed by atoms with Crippen LogP contribution in [0.15, 0.2) is 15.7 Å². The second-order valence-corrected chi connectivity index (χ2v) is 3.43. The number of hydrogen-bond donors (Lipinski definition) is 0. The first-order chi connectivity index (χ1) is 6.99. The van der Waals surface area contributed by atoms with Gasteiger partial charge in [0.1, 0.15) is 0 Å². The number of rotatable bonds is 2. The van der Waals surface area contributed by atoms with Crippen molar-refractivity contribution in [3.63, 3.8) is 0 Å². The first-order valence-corrected chi connectivity index (χ1v) is 4.46. The third-order valence-electron chi connectivity index (χ3n) is 1.69. The topological polar surface area (TPSA) is 91.9 Å². The van der Waals surface area contributed by atoms with E-state index in [4.69, 9.17) is 5.53 Å². The van der Waals surface area contributed by atoms with E-state index in [1.165, 1.54) is 6.92 Å². The van der Waals surface area contributed by atoms with Gasteiger partial charge >= 0.3 is 5.69 Å². The molecule has 0 heterocycles. The van der Waals surface area contributed by atoms with Gasteiger partial charge in [0.05, 0.1) is 15.1 Å². The van der Waals surface area contributed by atoms with Crippen LogP contribution in [0.2, 0.25) is 0 Å². The van der Waals surface area contributed by atoms with Crippen molar-refractivity contribution in [1.82, 2.24) is 0 Å². The highest BCUT2D eigenvalue weighted by atomic mass is 79.9. The molecular weight excluding hydrogens is 271 g/mol. The van der Waals surface area contributed by atoms with Crippen molar-refractivity contribution in [2.75, 3.05) is 0 Å². The van der Waals surface area contributed by atoms with Gasteiger partial charge in [-0.15, -0.1) is 0 Å². The molecule has 0 aliphatic rings. The Labute approximate surface area is 91.6 Å². The van der Waals surface area contributed by atoms with Crippen LogP contribution in [0.4, 0.5) is 15.8 Å². The maximum atomic E-state index is 13.3. The Morgan fingerprint density at radius 1 is 1.73 bits per heavy atom. The van der Waals surface area contributed by atoms with E-state index < -0.39 is 16.4 Å². The summed E-state index contributed by atoms with van der Waals surface area (Å²) in [4.78, 5) is 12.1. The molecule has 0 aromatic heterocycles. The van der Waals surface area contributed by atoms with Gasteiger partial charge in [-0.05, 0) is 33.9 Å². The van der Waals surface area contributed by atoms with Gasteiger partial charge in [0, 0.05) is 11.0 Å². The Bertz CT molecular complexity index is 484. The van der Waals surface area contributed by atoms with E-state index in [0.29, 0.717) is 5.56 Å². The van der Waals surface area contributed by atoms with Crippen molar-refractivity contribution in [3.8, 4) is 0 Å². The van der Waals surface area contributed by atoms with Crippen molar-refractivity contribution >= 4 is 27.3 Å². The molecule has 78 valence electrons. The first kappa shape index (κ1) is 11.4. The number of nitro benzene ring substituents is 1. The highest BCUT2D eigenvalue weighted by Crippen LogP contribution is 2.36. The molecule has 0 spiro atoms. The molecule has 0 unspecified atom stereocenters. The predicted molar refractivity (Wildman–Crippen MR) is 54.3 cm³/mol. The van der Waals surface area contributed by atoms with Gasteiger partial charge in [-0.2, -0.15) is 4.39 Å². The molecule has 0 aliphatic heterocycles. The van der Waals surface area contributed by atoms with Crippen molar-refractivity contribution in [3.05, 3.63) is 42.5 Å². The van der Waals surface area contributed by atoms with Crippen LogP contribution in [-0.2, 0) is 0 Å². The van der Waals surface area contributed by atoms with Crippen LogP contribution >= 0.6 is 15.9 Å². The van der Waals surface area contributed by atoms with Crippen molar-refractivity contribution in [1.29, 1.82) is 0 Å². The van der Waals surface area contributed by atoms with Gasteiger partial charge in [0.15, 0.2) is 0 Å². The molecule has 0 radical (unpaired) electrons. The lowest BCUT2D eigenvalue weighted by Crippen LogP contribution is -1.94. The summed E-state index contributed by atoms with van der Waals surface area (Å²) in [5, 5.41) is 13.7. The molecule has 0 fully saturated rings. The summed E-state index contributed by atoms with van der Waals surface area (Å²) in [6.07, 6.45) is 0. The van der Waals surface area contributed by atoms with Crippen molar-refractivity contribution in [2.45, 2.75) is 6.92 Å². The van der Waals surface area contributed by atoms with Crippen LogP contribution < -0.4 is 0 Å². The lowest BCUT2D eigenvalue weighted by atomic mass is 10.2. The minimum atomic E-state index is -1.05. The Balaban J connectivity index is 3.57. The number of halogens is 2. The third-order valence-corrected chi connectivity index (χ3v) is 2.42. The summed E-state index contributed by atoms with van der Waals surface area (Å²) < 4.78 is 13.1. The van der Waals surface area contributed by atoms with Crippen LogP contribution in [0, 0.1) is 22.9 Å². The largest absolute Gasteiger partial charge is 0.306 e. The molecular formula is C7H4BrFN4O2. The van der Waals surface area contributed by atoms with E-state index in [1.54, 1.807) is 0 Å². The molecule has 0 aliphatic carbocycles. The highest BCUT2D eigenvalue weighted by Gasteiger charge is 2.21. The lowest BCUT2D eigenvalue weighted by molar-refractivity contribution is -0.387. The fraction of sp³-hybridized carbons (Fsp3) is 0.143. The summed E-state index contributed by atoms with van der Waals surface area (Å²) in [6.45, 7) is 1.49. The summed E-state index contributed by atoms with van der Waals surface area (Å²) in [6, 6.07) is 1.02. The van der Waals surface area contributed by atoms with Gasteiger partial charge in [-0.25, -0.2) is 0 Å². The second kappa shape index (κ2) is 4.24. The Morgan fingerprint density at radius 3 is 2.80 bits per heavy atom. The van der Waals surface area contributed by atoms with E-state index in [1.807, 2.05) is 0 Å². The number of nitrogens with zero attached hydrogens (tertiary/aromatic N) is 4. The van der Waals surface area contributed by atoms with Crippen LogP contribution in [0.25, 0.3) is 10.4 Å². The Morgan fingerprint density at radius 2 is 2.33 bits per heavy atom. The molecule has 0 bridgehead atoms. The van der Waals surface area contributed by atoms with Crippen molar-refractivity contribution < 1.29 is 9.31 Å². The predicted octanol–water partition coefficient (Wildman–Crippen LogP) is 3.75. The van der Waals surface area contributed by atoms with E-state index in [9.17, 15) is 14.5 Å². The van der Waals surface area contributed by atoms with Crippen LogP contribution in [0.3, 0.4) is 0 Å². The molecule has 0 amide bonds. The smallest absolute Gasteiger partial charge is 0.258 e. The minimum Gasteiger partial charge on any atom is -0.258 e. The van der Waals surface area contributed by atoms with E-state index >= 15 is 0 Å². The van der Waals surface area contributed by atoms with Gasteiger partial charge in [-0.3, -0.25) is 10.1 Å². The quantitative estimate of drug-likeness (QED) is 0.270. The summed E-state index contributed by atoms with van der Waals surface area (Å²) in [5.74, 6) is -1.05. The number of hydrogen-bond acceptors (Lipinski definition) is 3. The number of aryl methyl sites for hydroxylation is 1. The van der Waals surface area contributed by atoms with Gasteiger partial charge < -0.3 is 0 Å². The fourth-order valence-corrected chi connectivity index (χ4v) is 1.62. The van der Waals surface area contributed by atoms with Gasteiger partial charge in [-0.1, -0.05) is 5.11 Å². The summed E-state index contributed by atoms with van der Waals surface area (Å²) >= 11 is 2.81. The molecule has 1 rings (SSSR count). The SMILES string of the molecule is Cc1cc([N+](=O)[O-])c(F)c(Br)c1N=[N+]=[N-]. The monoisotopic (exact) mass is 274 g/mol. The number of nitro groups is 1. The van der Waals surface area contributed by atoms with Crippen LogP contribution in [0.1, 0.15) is 5.56 Å². The molecule has 0 saturated carbocycles. The lowest BCUT2D eigenvalue weighted by Gasteiger charge is -2.03. The molecule has 8 heteroatoms. The highest BCUT2D eigenvalue weighted by molar-refractivity contribution is 9.10. The van der Waals surface area contributed by atoms with Gasteiger partial charge in [0.2, 0.25) is 5.82 Å². The number of azide groups is 1. The molecule has 0 N–H and O–H groups in total. The fourth-order valence-electron chi connectivity index (χ4n) is 1.03. The van der Waals surface area contributed by atoms with Crippen LogP contribution in [-0.4, -0.2) is 4.92 Å². The van der Waals surface area contributed by atoms with Crippen LogP contribution in [0.5, 0.6) is 0 Å². The average molecular weight is 275 g/mol.